The predicted octanol–water partition coefficient (Wildman–Crippen LogP) is 5.37. The number of nitrogens with one attached hydrogen (secondary N) is 1. The Morgan fingerprint density at radius 2 is 1.41 bits per heavy atom. The van der Waals surface area contributed by atoms with E-state index in [2.05, 4.69) is 5.32 Å². The number of hydrogen-bond acceptors (Lipinski definition) is 5. The van der Waals surface area contributed by atoms with E-state index >= 15 is 0 Å². The maximum absolute atomic E-state index is 14.4. The second-order valence-corrected chi connectivity index (χ2v) is 12.4. The fourth-order valence-electron chi connectivity index (χ4n) is 4.81. The lowest BCUT2D eigenvalue weighted by Gasteiger charge is -2.34. The smallest absolute Gasteiger partial charge is 0.264 e. The van der Waals surface area contributed by atoms with Gasteiger partial charge in [0.2, 0.25) is 11.8 Å². The third-order valence-electron chi connectivity index (χ3n) is 7.26. The first kappa shape index (κ1) is 32.3. The Balaban J connectivity index is 1.78. The Morgan fingerprint density at radius 1 is 0.818 bits per heavy atom. The number of sulfonamides is 1. The molecule has 1 N–H and O–H groups in total. The number of anilines is 1. The van der Waals surface area contributed by atoms with Crippen molar-refractivity contribution in [2.45, 2.75) is 44.2 Å². The van der Waals surface area contributed by atoms with Crippen LogP contribution < -0.4 is 14.4 Å². The molecule has 2 amide bonds. The summed E-state index contributed by atoms with van der Waals surface area (Å²) in [4.78, 5) is 29.6. The molecule has 0 aromatic heterocycles. The normalized spacial score (nSPS) is 11.8. The van der Waals surface area contributed by atoms with Crippen molar-refractivity contribution in [3.8, 4) is 5.75 Å². The summed E-state index contributed by atoms with van der Waals surface area (Å²) in [5.41, 5.74) is 2.91. The van der Waals surface area contributed by atoms with E-state index in [1.165, 1.54) is 24.1 Å². The van der Waals surface area contributed by atoms with Gasteiger partial charge in [-0.3, -0.25) is 13.9 Å². The molecule has 230 valence electrons. The summed E-state index contributed by atoms with van der Waals surface area (Å²) < 4.78 is 34.6. The first-order valence-corrected chi connectivity index (χ1v) is 16.1. The first-order valence-electron chi connectivity index (χ1n) is 14.6. The van der Waals surface area contributed by atoms with Crippen molar-refractivity contribution in [2.75, 3.05) is 24.5 Å². The summed E-state index contributed by atoms with van der Waals surface area (Å²) in [6.45, 7) is 3.90. The van der Waals surface area contributed by atoms with Gasteiger partial charge in [-0.25, -0.2) is 8.42 Å². The molecule has 0 aliphatic rings. The molecule has 4 aromatic rings. The molecule has 0 spiro atoms. The number of amides is 2. The van der Waals surface area contributed by atoms with E-state index in [0.29, 0.717) is 18.0 Å². The monoisotopic (exact) mass is 613 g/mol. The van der Waals surface area contributed by atoms with Crippen LogP contribution in [0, 0.1) is 6.92 Å². The Morgan fingerprint density at radius 3 is 1.98 bits per heavy atom. The minimum absolute atomic E-state index is 0.0582. The van der Waals surface area contributed by atoms with E-state index in [9.17, 15) is 18.0 Å². The van der Waals surface area contributed by atoms with Gasteiger partial charge in [0.25, 0.3) is 10.0 Å². The largest absolute Gasteiger partial charge is 0.497 e. The summed E-state index contributed by atoms with van der Waals surface area (Å²) >= 11 is 0. The third kappa shape index (κ3) is 8.26. The molecule has 0 aliphatic heterocycles. The SMILES string of the molecule is CCCNC(=O)[C@@H](Cc1ccccc1)N(Cc1ccccc1)C(=O)CN(c1ccc(OC)cc1)S(=O)(=O)c1ccc(C)cc1. The zero-order chi connectivity index (χ0) is 31.5. The highest BCUT2D eigenvalue weighted by Gasteiger charge is 2.34. The predicted molar refractivity (Wildman–Crippen MR) is 173 cm³/mol. The van der Waals surface area contributed by atoms with Crippen LogP contribution in [0.5, 0.6) is 5.75 Å². The van der Waals surface area contributed by atoms with E-state index in [0.717, 1.165) is 27.4 Å². The highest BCUT2D eigenvalue weighted by Crippen LogP contribution is 2.27. The van der Waals surface area contributed by atoms with E-state index in [1.54, 1.807) is 36.4 Å². The molecule has 0 bridgehead atoms. The minimum Gasteiger partial charge on any atom is -0.497 e. The molecule has 1 atom stereocenters. The molecule has 8 nitrogen and oxygen atoms in total. The average Bonchev–Trinajstić information content (AvgIpc) is 3.05. The molecule has 4 rings (SSSR count). The number of methoxy groups -OCH3 is 1. The summed E-state index contributed by atoms with van der Waals surface area (Å²) in [7, 11) is -2.64. The molecule has 0 saturated heterocycles. The Labute approximate surface area is 260 Å². The van der Waals surface area contributed by atoms with Gasteiger partial charge in [0, 0.05) is 19.5 Å². The highest BCUT2D eigenvalue weighted by molar-refractivity contribution is 7.92. The molecule has 0 fully saturated rings. The van der Waals surface area contributed by atoms with Crippen molar-refractivity contribution in [3.63, 3.8) is 0 Å². The minimum atomic E-state index is -4.17. The van der Waals surface area contributed by atoms with Gasteiger partial charge in [0.1, 0.15) is 18.3 Å². The fourth-order valence-corrected chi connectivity index (χ4v) is 6.23. The van der Waals surface area contributed by atoms with Crippen molar-refractivity contribution >= 4 is 27.5 Å². The molecular formula is C35H39N3O5S. The Kier molecular flexibility index (Phi) is 11.2. The van der Waals surface area contributed by atoms with Gasteiger partial charge >= 0.3 is 0 Å². The van der Waals surface area contributed by atoms with Crippen molar-refractivity contribution < 1.29 is 22.7 Å². The number of nitrogens with zero attached hydrogens (tertiary/aromatic N) is 2. The lowest BCUT2D eigenvalue weighted by atomic mass is 10.0. The van der Waals surface area contributed by atoms with Crippen LogP contribution in [-0.2, 0) is 32.6 Å². The molecule has 0 unspecified atom stereocenters. The van der Waals surface area contributed by atoms with Gasteiger partial charge < -0.3 is 15.0 Å². The Bertz CT molecular complexity index is 1610. The average molecular weight is 614 g/mol. The Hall–Kier alpha value is -4.63. The standard InChI is InChI=1S/C35H39N3O5S/c1-4-23-36-35(40)33(24-28-11-7-5-8-12-28)37(25-29-13-9-6-10-14-29)34(39)26-38(30-17-19-31(43-3)20-18-30)44(41,42)32-21-15-27(2)16-22-32/h5-22,33H,4,23-26H2,1-3H3,(H,36,40)/t33-/m1/s1. The van der Waals surface area contributed by atoms with E-state index in [-0.39, 0.29) is 23.8 Å². The van der Waals surface area contributed by atoms with Crippen LogP contribution in [0.1, 0.15) is 30.0 Å². The lowest BCUT2D eigenvalue weighted by Crippen LogP contribution is -2.53. The number of rotatable bonds is 14. The summed E-state index contributed by atoms with van der Waals surface area (Å²) in [5, 5.41) is 2.95. The first-order chi connectivity index (χ1) is 21.2. The van der Waals surface area contributed by atoms with Crippen LogP contribution in [0.15, 0.2) is 114 Å². The topological polar surface area (TPSA) is 96.0 Å². The van der Waals surface area contributed by atoms with Crippen molar-refractivity contribution in [1.29, 1.82) is 0 Å². The molecule has 0 aliphatic carbocycles. The van der Waals surface area contributed by atoms with Crippen molar-refractivity contribution in [1.82, 2.24) is 10.2 Å². The van der Waals surface area contributed by atoms with Crippen LogP contribution >= 0.6 is 0 Å². The summed E-state index contributed by atoms with van der Waals surface area (Å²) in [6.07, 6.45) is 0.999. The molecule has 4 aromatic carbocycles. The van der Waals surface area contributed by atoms with Gasteiger partial charge in [-0.2, -0.15) is 0 Å². The van der Waals surface area contributed by atoms with Crippen molar-refractivity contribution in [2.24, 2.45) is 0 Å². The number of carbonyl (C=O) groups is 2. The molecule has 0 heterocycles. The van der Waals surface area contributed by atoms with Gasteiger partial charge in [-0.05, 0) is 60.9 Å². The zero-order valence-electron chi connectivity index (χ0n) is 25.3. The summed E-state index contributed by atoms with van der Waals surface area (Å²) in [5.74, 6) is -0.251. The molecule has 0 radical (unpaired) electrons. The lowest BCUT2D eigenvalue weighted by molar-refractivity contribution is -0.140. The number of aryl methyl sites for hydroxylation is 1. The van der Waals surface area contributed by atoms with Crippen molar-refractivity contribution in [3.05, 3.63) is 126 Å². The summed E-state index contributed by atoms with van der Waals surface area (Å²) in [6, 6.07) is 31.0. The second kappa shape index (κ2) is 15.2. The number of ether oxygens (including phenoxy) is 1. The van der Waals surface area contributed by atoms with Gasteiger partial charge in [0.15, 0.2) is 0 Å². The number of carbonyl (C=O) groups excluding carboxylic acids is 2. The van der Waals surface area contributed by atoms with Gasteiger partial charge in [0.05, 0.1) is 17.7 Å². The second-order valence-electron chi connectivity index (χ2n) is 10.5. The zero-order valence-corrected chi connectivity index (χ0v) is 26.2. The van der Waals surface area contributed by atoms with Crippen LogP contribution in [0.25, 0.3) is 0 Å². The fraction of sp³-hybridized carbons (Fsp3) is 0.257. The number of hydrogen-bond donors (Lipinski definition) is 1. The quantitative estimate of drug-likeness (QED) is 0.207. The maximum Gasteiger partial charge on any atom is 0.264 e. The molecule has 44 heavy (non-hydrogen) atoms. The van der Waals surface area contributed by atoms with Gasteiger partial charge in [-0.1, -0.05) is 85.3 Å². The van der Waals surface area contributed by atoms with E-state index in [4.69, 9.17) is 4.74 Å². The highest BCUT2D eigenvalue weighted by atomic mass is 32.2. The van der Waals surface area contributed by atoms with Crippen LogP contribution in [-0.4, -0.2) is 51.4 Å². The van der Waals surface area contributed by atoms with Gasteiger partial charge in [-0.15, -0.1) is 0 Å². The number of benzene rings is 4. The molecule has 9 heteroatoms. The van der Waals surface area contributed by atoms with Crippen LogP contribution in [0.2, 0.25) is 0 Å². The van der Waals surface area contributed by atoms with Crippen LogP contribution in [0.3, 0.4) is 0 Å². The maximum atomic E-state index is 14.4. The van der Waals surface area contributed by atoms with Crippen LogP contribution in [0.4, 0.5) is 5.69 Å². The molecular weight excluding hydrogens is 574 g/mol. The van der Waals surface area contributed by atoms with E-state index < -0.39 is 28.5 Å². The van der Waals surface area contributed by atoms with E-state index in [1.807, 2.05) is 74.5 Å². The molecule has 0 saturated carbocycles. The third-order valence-corrected chi connectivity index (χ3v) is 9.05.